The van der Waals surface area contributed by atoms with Gasteiger partial charge in [0.1, 0.15) is 5.54 Å². The molecule has 0 aromatic heterocycles. The Kier molecular flexibility index (Phi) is 19.7. The average molecular weight is 424 g/mol. The van der Waals surface area contributed by atoms with Crippen LogP contribution < -0.4 is 5.73 Å². The van der Waals surface area contributed by atoms with E-state index >= 15 is 0 Å². The lowest BCUT2D eigenvalue weighted by atomic mass is 9.82. The van der Waals surface area contributed by atoms with Crippen LogP contribution in [0, 0.1) is 0 Å². The summed E-state index contributed by atoms with van der Waals surface area (Å²) in [7, 11) is 0. The maximum Gasteiger partial charge on any atom is 0.160 e. The molecule has 0 aliphatic rings. The van der Waals surface area contributed by atoms with E-state index in [0.717, 1.165) is 25.7 Å². The van der Waals surface area contributed by atoms with Crippen molar-refractivity contribution < 1.29 is 9.59 Å². The Morgan fingerprint density at radius 2 is 0.767 bits per heavy atom. The number of ketones is 2. The van der Waals surface area contributed by atoms with Crippen molar-refractivity contribution in [1.82, 2.24) is 0 Å². The molecular formula is C27H53NO2. The van der Waals surface area contributed by atoms with Crippen LogP contribution in [0.15, 0.2) is 0 Å². The lowest BCUT2D eigenvalue weighted by Gasteiger charge is -2.25. The molecule has 0 unspecified atom stereocenters. The average Bonchev–Trinajstić information content (AvgIpc) is 2.75. The van der Waals surface area contributed by atoms with Crippen LogP contribution in [0.2, 0.25) is 0 Å². The number of rotatable bonds is 23. The van der Waals surface area contributed by atoms with E-state index < -0.39 is 5.54 Å². The Balaban J connectivity index is 3.90. The minimum Gasteiger partial charge on any atom is -0.313 e. The van der Waals surface area contributed by atoms with Crippen LogP contribution in [0.5, 0.6) is 0 Å². The monoisotopic (exact) mass is 423 g/mol. The fourth-order valence-corrected chi connectivity index (χ4v) is 4.19. The van der Waals surface area contributed by atoms with Gasteiger partial charge < -0.3 is 5.73 Å². The van der Waals surface area contributed by atoms with Crippen molar-refractivity contribution in [1.29, 1.82) is 0 Å². The molecule has 0 rings (SSSR count). The molecule has 3 heteroatoms. The number of Topliss-reactive ketones (excluding diaryl/α,β-unsaturated/α-hetero) is 2. The van der Waals surface area contributed by atoms with Gasteiger partial charge in [0, 0.05) is 12.8 Å². The molecule has 0 aliphatic heterocycles. The Hall–Kier alpha value is -0.700. The molecule has 3 nitrogen and oxygen atoms in total. The molecular weight excluding hydrogens is 370 g/mol. The lowest BCUT2D eigenvalue weighted by Crippen LogP contribution is -2.54. The Bertz CT molecular complexity index is 385. The number of carbonyl (C=O) groups excluding carboxylic acids is 2. The highest BCUT2D eigenvalue weighted by Crippen LogP contribution is 2.19. The van der Waals surface area contributed by atoms with E-state index in [1.807, 2.05) is 6.92 Å². The molecule has 0 aromatic rings. The van der Waals surface area contributed by atoms with Gasteiger partial charge in [0.15, 0.2) is 11.6 Å². The zero-order valence-electron chi connectivity index (χ0n) is 20.7. The summed E-state index contributed by atoms with van der Waals surface area (Å²) in [6.45, 7) is 6.36. The summed E-state index contributed by atoms with van der Waals surface area (Å²) in [4.78, 5) is 25.3. The van der Waals surface area contributed by atoms with Crippen LogP contribution in [0.25, 0.3) is 0 Å². The third-order valence-electron chi connectivity index (χ3n) is 6.57. The van der Waals surface area contributed by atoms with Gasteiger partial charge in [0.05, 0.1) is 0 Å². The summed E-state index contributed by atoms with van der Waals surface area (Å²) >= 11 is 0. The molecule has 0 bridgehead atoms. The molecule has 0 fully saturated rings. The fourth-order valence-electron chi connectivity index (χ4n) is 4.19. The molecule has 0 radical (unpaired) electrons. The smallest absolute Gasteiger partial charge is 0.160 e. The van der Waals surface area contributed by atoms with Crippen LogP contribution in [-0.2, 0) is 9.59 Å². The minimum atomic E-state index is -1.24. The van der Waals surface area contributed by atoms with Gasteiger partial charge in [0.2, 0.25) is 0 Å². The third-order valence-corrected chi connectivity index (χ3v) is 6.57. The Morgan fingerprint density at radius 1 is 0.500 bits per heavy atom. The second kappa shape index (κ2) is 20.2. The van der Waals surface area contributed by atoms with Gasteiger partial charge in [-0.25, -0.2) is 0 Å². The van der Waals surface area contributed by atoms with E-state index in [-0.39, 0.29) is 11.6 Å². The number of nitrogens with two attached hydrogens (primary N) is 1. The predicted octanol–water partition coefficient (Wildman–Crippen LogP) is 8.07. The second-order valence-corrected chi connectivity index (χ2v) is 9.33. The van der Waals surface area contributed by atoms with Crippen molar-refractivity contribution >= 4 is 11.6 Å². The molecule has 0 aromatic carbocycles. The molecule has 0 heterocycles. The minimum absolute atomic E-state index is 0.0335. The summed E-state index contributed by atoms with van der Waals surface area (Å²) in [5.41, 5.74) is 5.07. The van der Waals surface area contributed by atoms with E-state index in [2.05, 4.69) is 13.8 Å². The lowest BCUT2D eigenvalue weighted by molar-refractivity contribution is -0.135. The van der Waals surface area contributed by atoms with E-state index in [0.29, 0.717) is 19.3 Å². The van der Waals surface area contributed by atoms with Crippen molar-refractivity contribution in [2.45, 2.75) is 161 Å². The molecule has 0 saturated heterocycles. The van der Waals surface area contributed by atoms with Gasteiger partial charge in [0.25, 0.3) is 0 Å². The van der Waals surface area contributed by atoms with E-state index in [4.69, 9.17) is 5.73 Å². The molecule has 0 aliphatic carbocycles. The predicted molar refractivity (Wildman–Crippen MR) is 131 cm³/mol. The van der Waals surface area contributed by atoms with E-state index in [1.165, 1.54) is 89.9 Å². The van der Waals surface area contributed by atoms with Crippen molar-refractivity contribution in [3.05, 3.63) is 0 Å². The highest BCUT2D eigenvalue weighted by molar-refractivity contribution is 6.11. The van der Waals surface area contributed by atoms with Gasteiger partial charge in [-0.1, -0.05) is 124 Å². The maximum atomic E-state index is 12.7. The SMILES string of the molecule is CCCCCCCCCCCC(=O)C(N)(CC)C(=O)CCCCCCCCCCC. The number of carbonyl (C=O) groups is 2. The Morgan fingerprint density at radius 3 is 1.03 bits per heavy atom. The van der Waals surface area contributed by atoms with Crippen molar-refractivity contribution in [2.75, 3.05) is 0 Å². The highest BCUT2D eigenvalue weighted by Gasteiger charge is 2.38. The number of unbranched alkanes of at least 4 members (excludes halogenated alkanes) is 16. The largest absolute Gasteiger partial charge is 0.313 e. The van der Waals surface area contributed by atoms with Crippen LogP contribution >= 0.6 is 0 Å². The van der Waals surface area contributed by atoms with Gasteiger partial charge in [-0.05, 0) is 19.3 Å². The highest BCUT2D eigenvalue weighted by atomic mass is 16.2. The topological polar surface area (TPSA) is 60.2 Å². The summed E-state index contributed by atoms with van der Waals surface area (Å²) in [6, 6.07) is 0. The normalized spacial score (nSPS) is 11.7. The van der Waals surface area contributed by atoms with Crippen molar-refractivity contribution in [2.24, 2.45) is 5.73 Å². The fraction of sp³-hybridized carbons (Fsp3) is 0.926. The van der Waals surface area contributed by atoms with Crippen LogP contribution in [0.1, 0.15) is 156 Å². The maximum absolute atomic E-state index is 12.7. The summed E-state index contributed by atoms with van der Waals surface area (Å²) < 4.78 is 0. The standard InChI is InChI=1S/C27H53NO2/c1-4-7-9-11-13-15-17-19-21-23-25(29)27(28,6-3)26(30)24-22-20-18-16-14-12-10-8-5-2/h4-24,28H2,1-3H3. The van der Waals surface area contributed by atoms with Gasteiger partial charge in [-0.15, -0.1) is 0 Å². The summed E-state index contributed by atoms with van der Waals surface area (Å²) in [5.74, 6) is -0.0669. The van der Waals surface area contributed by atoms with Crippen LogP contribution in [0.3, 0.4) is 0 Å². The molecule has 30 heavy (non-hydrogen) atoms. The van der Waals surface area contributed by atoms with Crippen LogP contribution in [0.4, 0.5) is 0 Å². The number of hydrogen-bond acceptors (Lipinski definition) is 3. The second-order valence-electron chi connectivity index (χ2n) is 9.33. The zero-order chi connectivity index (χ0) is 22.5. The summed E-state index contributed by atoms with van der Waals surface area (Å²) in [5, 5.41) is 0. The quantitative estimate of drug-likeness (QED) is 0.133. The van der Waals surface area contributed by atoms with Gasteiger partial charge in [-0.3, -0.25) is 9.59 Å². The van der Waals surface area contributed by atoms with Crippen molar-refractivity contribution in [3.63, 3.8) is 0 Å². The van der Waals surface area contributed by atoms with Crippen molar-refractivity contribution in [3.8, 4) is 0 Å². The summed E-state index contributed by atoms with van der Waals surface area (Å²) in [6.07, 6.45) is 23.4. The van der Waals surface area contributed by atoms with Crippen LogP contribution in [-0.4, -0.2) is 17.1 Å². The van der Waals surface area contributed by atoms with E-state index in [9.17, 15) is 9.59 Å². The first kappa shape index (κ1) is 29.3. The van der Waals surface area contributed by atoms with Gasteiger partial charge in [-0.2, -0.15) is 0 Å². The van der Waals surface area contributed by atoms with Gasteiger partial charge >= 0.3 is 0 Å². The molecule has 2 N–H and O–H groups in total. The molecule has 0 amide bonds. The molecule has 0 spiro atoms. The molecule has 178 valence electrons. The number of hydrogen-bond donors (Lipinski definition) is 1. The first-order valence-corrected chi connectivity index (χ1v) is 13.4. The molecule has 0 atom stereocenters. The molecule has 0 saturated carbocycles. The van der Waals surface area contributed by atoms with E-state index in [1.54, 1.807) is 0 Å². The zero-order valence-corrected chi connectivity index (χ0v) is 20.7. The third kappa shape index (κ3) is 14.3. The first-order valence-electron chi connectivity index (χ1n) is 13.4. The first-order chi connectivity index (χ1) is 14.5. The Labute approximate surface area is 188 Å².